The molecular formula is C8H7F2N3O2S. The molecule has 86 valence electrons. The summed E-state index contributed by atoms with van der Waals surface area (Å²) in [6.45, 7) is 0. The predicted molar refractivity (Wildman–Crippen MR) is 54.1 cm³/mol. The van der Waals surface area contributed by atoms with Crippen LogP contribution in [0.5, 0.6) is 0 Å². The number of sulfonamides is 1. The largest absolute Gasteiger partial charge is 0.399 e. The molecule has 0 aromatic heterocycles. The van der Waals surface area contributed by atoms with Crippen LogP contribution in [0.4, 0.5) is 20.2 Å². The second-order valence-electron chi connectivity index (χ2n) is 2.82. The van der Waals surface area contributed by atoms with Crippen LogP contribution in [0.25, 0.3) is 0 Å². The SMILES string of the molecule is N#Cc1cc(N)ccc1NS(=O)(=O)C(F)F. The van der Waals surface area contributed by atoms with Gasteiger partial charge in [0.15, 0.2) is 0 Å². The van der Waals surface area contributed by atoms with Crippen LogP contribution in [-0.4, -0.2) is 14.2 Å². The second kappa shape index (κ2) is 4.32. The summed E-state index contributed by atoms with van der Waals surface area (Å²) in [4.78, 5) is 0. The number of nitrogen functional groups attached to an aromatic ring is 1. The quantitative estimate of drug-likeness (QED) is 0.782. The summed E-state index contributed by atoms with van der Waals surface area (Å²) in [5.41, 5.74) is 5.24. The molecule has 0 fully saturated rings. The van der Waals surface area contributed by atoms with Gasteiger partial charge in [0.25, 0.3) is 10.0 Å². The van der Waals surface area contributed by atoms with E-state index in [-0.39, 0.29) is 16.9 Å². The lowest BCUT2D eigenvalue weighted by atomic mass is 10.2. The zero-order valence-corrected chi connectivity index (χ0v) is 8.63. The van der Waals surface area contributed by atoms with Gasteiger partial charge in [-0.2, -0.15) is 14.0 Å². The molecule has 0 radical (unpaired) electrons. The first-order valence-electron chi connectivity index (χ1n) is 3.96. The number of nitriles is 1. The first-order chi connectivity index (χ1) is 7.36. The Morgan fingerprint density at radius 3 is 2.56 bits per heavy atom. The van der Waals surface area contributed by atoms with E-state index in [1.807, 2.05) is 0 Å². The van der Waals surface area contributed by atoms with E-state index < -0.39 is 15.8 Å². The van der Waals surface area contributed by atoms with Crippen molar-refractivity contribution in [3.05, 3.63) is 23.8 Å². The fourth-order valence-electron chi connectivity index (χ4n) is 0.941. The maximum Gasteiger partial charge on any atom is 0.355 e. The minimum absolute atomic E-state index is 0.121. The van der Waals surface area contributed by atoms with Crippen molar-refractivity contribution < 1.29 is 17.2 Å². The maximum atomic E-state index is 12.1. The van der Waals surface area contributed by atoms with Crippen LogP contribution in [0.1, 0.15) is 5.56 Å². The van der Waals surface area contributed by atoms with Gasteiger partial charge >= 0.3 is 5.76 Å². The Morgan fingerprint density at radius 1 is 1.44 bits per heavy atom. The summed E-state index contributed by atoms with van der Waals surface area (Å²) in [7, 11) is -4.77. The average molecular weight is 247 g/mol. The number of nitrogens with two attached hydrogens (primary N) is 1. The normalized spacial score (nSPS) is 11.1. The van der Waals surface area contributed by atoms with Crippen LogP contribution in [0.2, 0.25) is 0 Å². The summed E-state index contributed by atoms with van der Waals surface area (Å²) in [6, 6.07) is 5.27. The van der Waals surface area contributed by atoms with Crippen molar-refractivity contribution >= 4 is 21.4 Å². The van der Waals surface area contributed by atoms with Gasteiger partial charge in [-0.05, 0) is 18.2 Å². The van der Waals surface area contributed by atoms with E-state index in [0.717, 1.165) is 6.07 Å². The Morgan fingerprint density at radius 2 is 2.06 bits per heavy atom. The smallest absolute Gasteiger partial charge is 0.355 e. The predicted octanol–water partition coefficient (Wildman–Crippen LogP) is 1.10. The molecule has 0 amide bonds. The third-order valence-corrected chi connectivity index (χ3v) is 2.62. The zero-order valence-electron chi connectivity index (χ0n) is 7.81. The molecule has 0 spiro atoms. The fraction of sp³-hybridized carbons (Fsp3) is 0.125. The fourth-order valence-corrected chi connectivity index (χ4v) is 1.51. The van der Waals surface area contributed by atoms with Gasteiger partial charge in [-0.15, -0.1) is 0 Å². The molecule has 1 aromatic carbocycles. The van der Waals surface area contributed by atoms with E-state index in [2.05, 4.69) is 0 Å². The maximum absolute atomic E-state index is 12.1. The number of nitrogens with one attached hydrogen (secondary N) is 1. The average Bonchev–Trinajstić information content (AvgIpc) is 2.20. The molecule has 0 bridgehead atoms. The van der Waals surface area contributed by atoms with Crippen molar-refractivity contribution in [1.82, 2.24) is 0 Å². The monoisotopic (exact) mass is 247 g/mol. The lowest BCUT2D eigenvalue weighted by Crippen LogP contribution is -2.21. The molecule has 0 atom stereocenters. The van der Waals surface area contributed by atoms with E-state index in [0.29, 0.717) is 0 Å². The minimum Gasteiger partial charge on any atom is -0.399 e. The minimum atomic E-state index is -4.77. The van der Waals surface area contributed by atoms with Crippen molar-refractivity contribution in [3.63, 3.8) is 0 Å². The molecule has 1 aromatic rings. The van der Waals surface area contributed by atoms with Crippen LogP contribution >= 0.6 is 0 Å². The summed E-state index contributed by atoms with van der Waals surface area (Å²) >= 11 is 0. The first-order valence-corrected chi connectivity index (χ1v) is 5.51. The first kappa shape index (κ1) is 12.2. The Bertz CT molecular complexity index is 537. The lowest BCUT2D eigenvalue weighted by molar-refractivity contribution is 0.236. The highest BCUT2D eigenvalue weighted by molar-refractivity contribution is 7.93. The molecule has 0 unspecified atom stereocenters. The number of anilines is 2. The lowest BCUT2D eigenvalue weighted by Gasteiger charge is -2.08. The highest BCUT2D eigenvalue weighted by Gasteiger charge is 2.24. The summed E-state index contributed by atoms with van der Waals surface area (Å²) in [5.74, 6) is -3.56. The van der Waals surface area contributed by atoms with Gasteiger partial charge in [0, 0.05) is 5.69 Å². The Kier molecular flexibility index (Phi) is 3.29. The van der Waals surface area contributed by atoms with E-state index in [1.165, 1.54) is 12.1 Å². The van der Waals surface area contributed by atoms with E-state index in [4.69, 9.17) is 11.0 Å². The highest BCUT2D eigenvalue weighted by Crippen LogP contribution is 2.20. The van der Waals surface area contributed by atoms with Crippen LogP contribution in [0.3, 0.4) is 0 Å². The van der Waals surface area contributed by atoms with Gasteiger partial charge < -0.3 is 5.73 Å². The number of nitrogens with zero attached hydrogens (tertiary/aromatic N) is 1. The zero-order chi connectivity index (χ0) is 12.3. The molecule has 8 heteroatoms. The van der Waals surface area contributed by atoms with Gasteiger partial charge in [-0.1, -0.05) is 0 Å². The number of alkyl halides is 2. The number of hydrogen-bond acceptors (Lipinski definition) is 4. The number of hydrogen-bond donors (Lipinski definition) is 2. The van der Waals surface area contributed by atoms with Crippen molar-refractivity contribution in [2.24, 2.45) is 0 Å². The van der Waals surface area contributed by atoms with Crippen LogP contribution in [0.15, 0.2) is 18.2 Å². The second-order valence-corrected chi connectivity index (χ2v) is 4.48. The molecule has 1 rings (SSSR count). The van der Waals surface area contributed by atoms with Crippen LogP contribution in [-0.2, 0) is 10.0 Å². The molecule has 0 aliphatic carbocycles. The summed E-state index contributed by atoms with van der Waals surface area (Å²) in [5, 5.41) is 8.65. The van der Waals surface area contributed by atoms with E-state index in [9.17, 15) is 17.2 Å². The molecule has 16 heavy (non-hydrogen) atoms. The summed E-state index contributed by atoms with van der Waals surface area (Å²) in [6.07, 6.45) is 0. The topological polar surface area (TPSA) is 96.0 Å². The molecule has 3 N–H and O–H groups in total. The molecule has 0 saturated carbocycles. The Hall–Kier alpha value is -1.88. The third kappa shape index (κ3) is 2.58. The highest BCUT2D eigenvalue weighted by atomic mass is 32.2. The van der Waals surface area contributed by atoms with E-state index in [1.54, 1.807) is 10.8 Å². The Labute approximate surface area is 90.5 Å². The number of benzene rings is 1. The van der Waals surface area contributed by atoms with Crippen molar-refractivity contribution in [2.75, 3.05) is 10.5 Å². The molecule has 0 heterocycles. The Balaban J connectivity index is 3.13. The van der Waals surface area contributed by atoms with Gasteiger partial charge in [0.1, 0.15) is 6.07 Å². The van der Waals surface area contributed by atoms with Crippen LogP contribution < -0.4 is 10.5 Å². The van der Waals surface area contributed by atoms with Crippen molar-refractivity contribution in [3.8, 4) is 6.07 Å². The summed E-state index contributed by atoms with van der Waals surface area (Å²) < 4.78 is 47.4. The number of halogens is 2. The van der Waals surface area contributed by atoms with Crippen LogP contribution in [0, 0.1) is 11.3 Å². The molecule has 5 nitrogen and oxygen atoms in total. The molecule has 0 aliphatic rings. The van der Waals surface area contributed by atoms with Gasteiger partial charge in [-0.25, -0.2) is 8.42 Å². The van der Waals surface area contributed by atoms with Gasteiger partial charge in [-0.3, -0.25) is 4.72 Å². The molecular weight excluding hydrogens is 240 g/mol. The van der Waals surface area contributed by atoms with E-state index >= 15 is 0 Å². The number of rotatable bonds is 3. The van der Waals surface area contributed by atoms with Crippen molar-refractivity contribution in [2.45, 2.75) is 5.76 Å². The van der Waals surface area contributed by atoms with Crippen molar-refractivity contribution in [1.29, 1.82) is 5.26 Å². The standard InChI is InChI=1S/C8H7F2N3O2S/c9-8(10)16(14,15)13-7-2-1-6(12)3-5(7)4-11/h1-3,8,13H,12H2. The third-order valence-electron chi connectivity index (χ3n) is 1.65. The van der Waals surface area contributed by atoms with Gasteiger partial charge in [0.05, 0.1) is 11.3 Å². The molecule has 0 aliphatic heterocycles. The van der Waals surface area contributed by atoms with Gasteiger partial charge in [0.2, 0.25) is 0 Å². The molecule has 0 saturated heterocycles.